The van der Waals surface area contributed by atoms with Crippen LogP contribution in [0.25, 0.3) is 0 Å². The van der Waals surface area contributed by atoms with Crippen LogP contribution in [0.1, 0.15) is 46.5 Å². The number of hydrogen-bond acceptors (Lipinski definition) is 3. The van der Waals surface area contributed by atoms with Gasteiger partial charge in [0.15, 0.2) is 0 Å². The fourth-order valence-electron chi connectivity index (χ4n) is 3.99. The molecule has 2 aliphatic rings. The lowest BCUT2D eigenvalue weighted by atomic mass is 9.90. The number of carbonyl (C=O) groups is 1. The molecule has 1 aliphatic heterocycles. The number of carbonyl (C=O) groups excluding carboxylic acids is 1. The second-order valence-corrected chi connectivity index (χ2v) is 9.32. The van der Waals surface area contributed by atoms with E-state index in [0.717, 1.165) is 23.9 Å². The van der Waals surface area contributed by atoms with E-state index in [-0.39, 0.29) is 5.91 Å². The minimum atomic E-state index is 0.187. The van der Waals surface area contributed by atoms with E-state index in [1.807, 2.05) is 17.5 Å². The molecule has 0 unspecified atom stereocenters. The van der Waals surface area contributed by atoms with Gasteiger partial charge >= 0.3 is 0 Å². The molecule has 4 rings (SSSR count). The molecule has 144 valence electrons. The summed E-state index contributed by atoms with van der Waals surface area (Å²) in [6.07, 6.45) is 6.34. The van der Waals surface area contributed by atoms with Crippen molar-refractivity contribution in [2.24, 2.45) is 11.8 Å². The summed E-state index contributed by atoms with van der Waals surface area (Å²) in [5.41, 5.74) is 2.68. The second-order valence-electron chi connectivity index (χ2n) is 8.37. The monoisotopic (exact) mass is 382 g/mol. The number of amides is 1. The van der Waals surface area contributed by atoms with E-state index < -0.39 is 0 Å². The summed E-state index contributed by atoms with van der Waals surface area (Å²) in [5.74, 6) is 1.71. The standard InChI is InChI=1S/C23H30N2OS/c1-24-12-10-19(11-13-24)15-18-4-6-20(7-5-18)16-25(17-21-8-9-21)23(26)22-3-2-14-27-22/h2-7,14,19,21H,8-13,15-17H2,1H3. The van der Waals surface area contributed by atoms with Gasteiger partial charge < -0.3 is 9.80 Å². The molecule has 1 aromatic heterocycles. The zero-order valence-corrected chi connectivity index (χ0v) is 17.1. The van der Waals surface area contributed by atoms with E-state index in [0.29, 0.717) is 5.92 Å². The van der Waals surface area contributed by atoms with Crippen LogP contribution in [0.15, 0.2) is 41.8 Å². The number of likely N-dealkylation sites (tertiary alicyclic amines) is 1. The molecule has 4 heteroatoms. The van der Waals surface area contributed by atoms with Crippen LogP contribution in [0.4, 0.5) is 0 Å². The first-order valence-electron chi connectivity index (χ1n) is 10.3. The number of piperidine rings is 1. The summed E-state index contributed by atoms with van der Waals surface area (Å²) in [5, 5.41) is 1.99. The molecule has 2 fully saturated rings. The van der Waals surface area contributed by atoms with Crippen molar-refractivity contribution in [1.82, 2.24) is 9.80 Å². The maximum absolute atomic E-state index is 12.9. The third-order valence-electron chi connectivity index (χ3n) is 5.95. The molecule has 27 heavy (non-hydrogen) atoms. The number of hydrogen-bond donors (Lipinski definition) is 0. The molecule has 0 atom stereocenters. The van der Waals surface area contributed by atoms with Gasteiger partial charge in [-0.3, -0.25) is 4.79 Å². The van der Waals surface area contributed by atoms with Crippen molar-refractivity contribution in [3.8, 4) is 0 Å². The average molecular weight is 383 g/mol. The fourth-order valence-corrected chi connectivity index (χ4v) is 4.68. The van der Waals surface area contributed by atoms with Crippen molar-refractivity contribution in [1.29, 1.82) is 0 Å². The van der Waals surface area contributed by atoms with Gasteiger partial charge in [-0.25, -0.2) is 0 Å². The van der Waals surface area contributed by atoms with E-state index >= 15 is 0 Å². The van der Waals surface area contributed by atoms with Crippen molar-refractivity contribution < 1.29 is 4.79 Å². The third kappa shape index (κ3) is 5.20. The molecule has 1 aromatic carbocycles. The summed E-state index contributed by atoms with van der Waals surface area (Å²) >= 11 is 1.54. The van der Waals surface area contributed by atoms with Crippen molar-refractivity contribution in [2.75, 3.05) is 26.7 Å². The maximum Gasteiger partial charge on any atom is 0.264 e. The van der Waals surface area contributed by atoms with Gasteiger partial charge in [-0.2, -0.15) is 0 Å². The molecule has 1 aliphatic carbocycles. The van der Waals surface area contributed by atoms with Crippen molar-refractivity contribution >= 4 is 17.2 Å². The van der Waals surface area contributed by atoms with E-state index in [2.05, 4.69) is 41.1 Å². The second kappa shape index (κ2) is 8.57. The van der Waals surface area contributed by atoms with Crippen LogP contribution >= 0.6 is 11.3 Å². The first kappa shape index (κ1) is 18.7. The highest BCUT2D eigenvalue weighted by molar-refractivity contribution is 7.12. The molecule has 2 heterocycles. The first-order valence-corrected chi connectivity index (χ1v) is 11.1. The molecule has 3 nitrogen and oxygen atoms in total. The normalized spacial score (nSPS) is 18.6. The smallest absolute Gasteiger partial charge is 0.264 e. The predicted molar refractivity (Wildman–Crippen MR) is 112 cm³/mol. The van der Waals surface area contributed by atoms with Gasteiger partial charge in [-0.05, 0) is 86.7 Å². The van der Waals surface area contributed by atoms with E-state index in [1.165, 1.54) is 56.3 Å². The van der Waals surface area contributed by atoms with Crippen LogP contribution in [0.5, 0.6) is 0 Å². The lowest BCUT2D eigenvalue weighted by Gasteiger charge is -2.29. The Kier molecular flexibility index (Phi) is 5.94. The number of thiophene rings is 1. The van der Waals surface area contributed by atoms with E-state index in [1.54, 1.807) is 11.3 Å². The highest BCUT2D eigenvalue weighted by Gasteiger charge is 2.27. The molecular formula is C23H30N2OS. The Labute approximate surface area is 167 Å². The zero-order valence-electron chi connectivity index (χ0n) is 16.3. The van der Waals surface area contributed by atoms with Crippen molar-refractivity contribution in [3.05, 3.63) is 57.8 Å². The quantitative estimate of drug-likeness (QED) is 0.694. The molecular weight excluding hydrogens is 352 g/mol. The van der Waals surface area contributed by atoms with Crippen LogP contribution in [0.3, 0.4) is 0 Å². The summed E-state index contributed by atoms with van der Waals surface area (Å²) in [6.45, 7) is 4.07. The van der Waals surface area contributed by atoms with Gasteiger partial charge in [0, 0.05) is 13.1 Å². The minimum Gasteiger partial charge on any atom is -0.333 e. The highest BCUT2D eigenvalue weighted by Crippen LogP contribution is 2.31. The third-order valence-corrected chi connectivity index (χ3v) is 6.81. The predicted octanol–water partition coefficient (Wildman–Crippen LogP) is 4.68. The summed E-state index contributed by atoms with van der Waals surface area (Å²) in [4.78, 5) is 18.2. The van der Waals surface area contributed by atoms with Gasteiger partial charge in [0.05, 0.1) is 4.88 Å². The van der Waals surface area contributed by atoms with Gasteiger partial charge in [0.1, 0.15) is 0 Å². The SMILES string of the molecule is CN1CCC(Cc2ccc(CN(CC3CC3)C(=O)c3cccs3)cc2)CC1. The van der Waals surface area contributed by atoms with Gasteiger partial charge in [0.2, 0.25) is 0 Å². The van der Waals surface area contributed by atoms with Gasteiger partial charge in [0.25, 0.3) is 5.91 Å². The van der Waals surface area contributed by atoms with Crippen LogP contribution in [-0.4, -0.2) is 42.4 Å². The lowest BCUT2D eigenvalue weighted by molar-refractivity contribution is 0.0740. The summed E-state index contributed by atoms with van der Waals surface area (Å²) in [7, 11) is 2.22. The molecule has 0 N–H and O–H groups in total. The van der Waals surface area contributed by atoms with Gasteiger partial charge in [-0.1, -0.05) is 30.3 Å². The van der Waals surface area contributed by atoms with Crippen LogP contribution in [-0.2, 0) is 13.0 Å². The van der Waals surface area contributed by atoms with Gasteiger partial charge in [-0.15, -0.1) is 11.3 Å². The topological polar surface area (TPSA) is 23.6 Å². The number of benzene rings is 1. The first-order chi connectivity index (χ1) is 13.2. The Morgan fingerprint density at radius 3 is 2.37 bits per heavy atom. The van der Waals surface area contributed by atoms with Crippen molar-refractivity contribution in [3.63, 3.8) is 0 Å². The number of nitrogens with zero attached hydrogens (tertiary/aromatic N) is 2. The minimum absolute atomic E-state index is 0.187. The van der Waals surface area contributed by atoms with Crippen LogP contribution < -0.4 is 0 Å². The molecule has 0 bridgehead atoms. The summed E-state index contributed by atoms with van der Waals surface area (Å²) in [6, 6.07) is 12.9. The maximum atomic E-state index is 12.9. The Morgan fingerprint density at radius 1 is 1.04 bits per heavy atom. The molecule has 2 aromatic rings. The molecule has 1 saturated heterocycles. The Balaban J connectivity index is 1.37. The fraction of sp³-hybridized carbons (Fsp3) is 0.522. The Bertz CT molecular complexity index is 728. The van der Waals surface area contributed by atoms with Crippen molar-refractivity contribution in [2.45, 2.75) is 38.6 Å². The lowest BCUT2D eigenvalue weighted by Crippen LogP contribution is -2.32. The Hall–Kier alpha value is -1.65. The highest BCUT2D eigenvalue weighted by atomic mass is 32.1. The molecule has 0 spiro atoms. The molecule has 1 amide bonds. The average Bonchev–Trinajstić information content (AvgIpc) is 3.33. The molecule has 1 saturated carbocycles. The molecule has 0 radical (unpaired) electrons. The zero-order chi connectivity index (χ0) is 18.6. The number of rotatable bonds is 7. The van der Waals surface area contributed by atoms with E-state index in [4.69, 9.17) is 0 Å². The van der Waals surface area contributed by atoms with Crippen LogP contribution in [0.2, 0.25) is 0 Å². The van der Waals surface area contributed by atoms with E-state index in [9.17, 15) is 4.79 Å². The summed E-state index contributed by atoms with van der Waals surface area (Å²) < 4.78 is 0. The van der Waals surface area contributed by atoms with Crippen LogP contribution in [0, 0.1) is 11.8 Å². The Morgan fingerprint density at radius 2 is 1.74 bits per heavy atom. The largest absolute Gasteiger partial charge is 0.333 e.